The maximum absolute atomic E-state index is 13.2. The number of ether oxygens (including phenoxy) is 1. The summed E-state index contributed by atoms with van der Waals surface area (Å²) in [7, 11) is 0. The van der Waals surface area contributed by atoms with Crippen LogP contribution in [0.1, 0.15) is 19.4 Å². The molecule has 15 heavy (non-hydrogen) atoms. The number of rotatable bonds is 3. The minimum absolute atomic E-state index is 0.0382. The summed E-state index contributed by atoms with van der Waals surface area (Å²) in [6, 6.07) is 4.49. The van der Waals surface area contributed by atoms with E-state index in [4.69, 9.17) is 4.74 Å². The highest BCUT2D eigenvalue weighted by molar-refractivity contribution is 9.10. The summed E-state index contributed by atoms with van der Waals surface area (Å²) in [5.74, 6) is -0.805. The summed E-state index contributed by atoms with van der Waals surface area (Å²) >= 11 is 3.22. The maximum Gasteiger partial charge on any atom is 0.310 e. The first-order chi connectivity index (χ1) is 6.99. The van der Waals surface area contributed by atoms with E-state index in [0.29, 0.717) is 5.56 Å². The van der Waals surface area contributed by atoms with Gasteiger partial charge in [0.25, 0.3) is 0 Å². The second-order valence-corrected chi connectivity index (χ2v) is 4.37. The molecule has 0 aliphatic carbocycles. The fourth-order valence-corrected chi connectivity index (χ4v) is 1.55. The number of carbonyl (C=O) groups excluding carboxylic acids is 1. The van der Waals surface area contributed by atoms with Gasteiger partial charge in [-0.3, -0.25) is 4.79 Å². The molecule has 1 aromatic rings. The van der Waals surface area contributed by atoms with Crippen molar-refractivity contribution in [1.82, 2.24) is 0 Å². The lowest BCUT2D eigenvalue weighted by molar-refractivity contribution is -0.146. The SMILES string of the molecule is CC(C)OC(=O)Cc1cc(Br)ccc1F. The molecular formula is C11H12BrFO2. The van der Waals surface area contributed by atoms with Crippen LogP contribution in [0.4, 0.5) is 4.39 Å². The van der Waals surface area contributed by atoms with E-state index in [0.717, 1.165) is 4.47 Å². The molecule has 0 heterocycles. The molecule has 0 atom stereocenters. The molecule has 4 heteroatoms. The van der Waals surface area contributed by atoms with Crippen molar-refractivity contribution in [3.05, 3.63) is 34.1 Å². The van der Waals surface area contributed by atoms with E-state index in [2.05, 4.69) is 15.9 Å². The van der Waals surface area contributed by atoms with Crippen molar-refractivity contribution in [3.8, 4) is 0 Å². The minimum Gasteiger partial charge on any atom is -0.463 e. The van der Waals surface area contributed by atoms with E-state index >= 15 is 0 Å². The minimum atomic E-state index is -0.415. The molecule has 82 valence electrons. The molecule has 0 radical (unpaired) electrons. The third-order valence-corrected chi connectivity index (χ3v) is 2.20. The third-order valence-electron chi connectivity index (χ3n) is 1.71. The van der Waals surface area contributed by atoms with E-state index in [1.165, 1.54) is 6.07 Å². The number of halogens is 2. The predicted molar refractivity (Wildman–Crippen MR) is 59.0 cm³/mol. The molecule has 2 nitrogen and oxygen atoms in total. The highest BCUT2D eigenvalue weighted by atomic mass is 79.9. The Morgan fingerprint density at radius 3 is 2.80 bits per heavy atom. The number of carbonyl (C=O) groups is 1. The van der Waals surface area contributed by atoms with Gasteiger partial charge in [-0.15, -0.1) is 0 Å². The first-order valence-electron chi connectivity index (χ1n) is 4.62. The molecule has 1 rings (SSSR count). The molecule has 0 unspecified atom stereocenters. The molecular weight excluding hydrogens is 263 g/mol. The van der Waals surface area contributed by atoms with Crippen LogP contribution in [-0.4, -0.2) is 12.1 Å². The van der Waals surface area contributed by atoms with Crippen molar-refractivity contribution in [2.24, 2.45) is 0 Å². The second-order valence-electron chi connectivity index (χ2n) is 3.45. The van der Waals surface area contributed by atoms with E-state index in [-0.39, 0.29) is 18.3 Å². The molecule has 0 saturated carbocycles. The molecule has 0 saturated heterocycles. The van der Waals surface area contributed by atoms with Crippen molar-refractivity contribution in [2.45, 2.75) is 26.4 Å². The van der Waals surface area contributed by atoms with Crippen LogP contribution in [0, 0.1) is 5.82 Å². The van der Waals surface area contributed by atoms with Crippen LogP contribution < -0.4 is 0 Å². The summed E-state index contributed by atoms with van der Waals surface area (Å²) in [5, 5.41) is 0. The van der Waals surface area contributed by atoms with Crippen LogP contribution in [0.15, 0.2) is 22.7 Å². The van der Waals surface area contributed by atoms with E-state index in [1.54, 1.807) is 26.0 Å². The average molecular weight is 275 g/mol. The lowest BCUT2D eigenvalue weighted by atomic mass is 10.1. The van der Waals surface area contributed by atoms with Crippen LogP contribution in [0.25, 0.3) is 0 Å². The molecule has 0 fully saturated rings. The quantitative estimate of drug-likeness (QED) is 0.792. The Morgan fingerprint density at radius 2 is 2.20 bits per heavy atom. The van der Waals surface area contributed by atoms with Gasteiger partial charge in [-0.25, -0.2) is 4.39 Å². The van der Waals surface area contributed by atoms with Crippen molar-refractivity contribution in [3.63, 3.8) is 0 Å². The Labute approximate surface area is 96.6 Å². The van der Waals surface area contributed by atoms with E-state index in [9.17, 15) is 9.18 Å². The van der Waals surface area contributed by atoms with Gasteiger partial charge in [0.2, 0.25) is 0 Å². The van der Waals surface area contributed by atoms with E-state index < -0.39 is 5.97 Å². The normalized spacial score (nSPS) is 10.5. The standard InChI is InChI=1S/C11H12BrFO2/c1-7(2)15-11(14)6-8-5-9(12)3-4-10(8)13/h3-5,7H,6H2,1-2H3. The number of benzene rings is 1. The zero-order valence-corrected chi connectivity index (χ0v) is 10.2. The second kappa shape index (κ2) is 5.26. The predicted octanol–water partition coefficient (Wildman–Crippen LogP) is 3.08. The zero-order chi connectivity index (χ0) is 11.4. The molecule has 0 spiro atoms. The van der Waals surface area contributed by atoms with Gasteiger partial charge in [-0.1, -0.05) is 15.9 Å². The molecule has 0 aromatic heterocycles. The molecule has 0 aliphatic rings. The maximum atomic E-state index is 13.2. The lowest BCUT2D eigenvalue weighted by Crippen LogP contribution is -2.14. The summed E-state index contributed by atoms with van der Waals surface area (Å²) in [5.41, 5.74) is 0.343. The van der Waals surface area contributed by atoms with Gasteiger partial charge in [0.05, 0.1) is 12.5 Å². The van der Waals surface area contributed by atoms with Crippen LogP contribution in [0.5, 0.6) is 0 Å². The van der Waals surface area contributed by atoms with Gasteiger partial charge in [0.15, 0.2) is 0 Å². The fraction of sp³-hybridized carbons (Fsp3) is 0.364. The summed E-state index contributed by atoms with van der Waals surface area (Å²) in [6.45, 7) is 3.52. The lowest BCUT2D eigenvalue weighted by Gasteiger charge is -2.08. The molecule has 1 aromatic carbocycles. The average Bonchev–Trinajstić information content (AvgIpc) is 2.10. The first kappa shape index (κ1) is 12.2. The van der Waals surface area contributed by atoms with Crippen LogP contribution in [0.2, 0.25) is 0 Å². The smallest absolute Gasteiger partial charge is 0.310 e. The zero-order valence-electron chi connectivity index (χ0n) is 8.59. The van der Waals surface area contributed by atoms with E-state index in [1.807, 2.05) is 0 Å². The van der Waals surface area contributed by atoms with Crippen LogP contribution >= 0.6 is 15.9 Å². The Balaban J connectivity index is 2.71. The molecule has 0 N–H and O–H groups in total. The molecule has 0 bridgehead atoms. The Kier molecular flexibility index (Phi) is 4.27. The highest BCUT2D eigenvalue weighted by Gasteiger charge is 2.10. The molecule has 0 amide bonds. The van der Waals surface area contributed by atoms with Crippen molar-refractivity contribution in [2.75, 3.05) is 0 Å². The van der Waals surface area contributed by atoms with Gasteiger partial charge in [-0.05, 0) is 32.0 Å². The largest absolute Gasteiger partial charge is 0.463 e. The van der Waals surface area contributed by atoms with Gasteiger partial charge >= 0.3 is 5.97 Å². The van der Waals surface area contributed by atoms with Gasteiger partial charge < -0.3 is 4.74 Å². The summed E-state index contributed by atoms with van der Waals surface area (Å²) < 4.78 is 18.9. The van der Waals surface area contributed by atoms with Gasteiger partial charge in [-0.2, -0.15) is 0 Å². The Hall–Kier alpha value is -0.900. The van der Waals surface area contributed by atoms with Gasteiger partial charge in [0, 0.05) is 10.0 Å². The monoisotopic (exact) mass is 274 g/mol. The Morgan fingerprint density at radius 1 is 1.53 bits per heavy atom. The summed E-state index contributed by atoms with van der Waals surface area (Å²) in [6.07, 6.45) is -0.212. The third kappa shape index (κ3) is 4.00. The Bertz CT molecular complexity index is 364. The highest BCUT2D eigenvalue weighted by Crippen LogP contribution is 2.16. The van der Waals surface area contributed by atoms with Crippen LogP contribution in [-0.2, 0) is 16.0 Å². The number of hydrogen-bond donors (Lipinski definition) is 0. The van der Waals surface area contributed by atoms with Crippen LogP contribution in [0.3, 0.4) is 0 Å². The number of esters is 1. The molecule has 0 aliphatic heterocycles. The first-order valence-corrected chi connectivity index (χ1v) is 5.41. The number of hydrogen-bond acceptors (Lipinski definition) is 2. The van der Waals surface area contributed by atoms with Crippen molar-refractivity contribution in [1.29, 1.82) is 0 Å². The topological polar surface area (TPSA) is 26.3 Å². The fourth-order valence-electron chi connectivity index (χ4n) is 1.14. The van der Waals surface area contributed by atoms with Gasteiger partial charge in [0.1, 0.15) is 5.82 Å². The summed E-state index contributed by atoms with van der Waals surface area (Å²) in [4.78, 5) is 11.3. The van der Waals surface area contributed by atoms with Crippen molar-refractivity contribution < 1.29 is 13.9 Å². The van der Waals surface area contributed by atoms with Crippen molar-refractivity contribution >= 4 is 21.9 Å².